The molecule has 0 aromatic heterocycles. The maximum Gasteiger partial charge on any atom is 0.307 e. The van der Waals surface area contributed by atoms with E-state index in [1.807, 2.05) is 6.92 Å². The standard InChI is InChI=1S/C10H17NO3/c1-4-9(12)11(5-2)8-7-10(13)14-6-3/h4H,1,5-8H2,2-3H3. The van der Waals surface area contributed by atoms with Crippen molar-refractivity contribution in [1.82, 2.24) is 4.90 Å². The second-order valence-electron chi connectivity index (χ2n) is 2.68. The monoisotopic (exact) mass is 199 g/mol. The van der Waals surface area contributed by atoms with E-state index in [1.54, 1.807) is 11.8 Å². The molecule has 0 aromatic rings. The molecule has 14 heavy (non-hydrogen) atoms. The van der Waals surface area contributed by atoms with Gasteiger partial charge in [-0.1, -0.05) is 6.58 Å². The zero-order valence-electron chi connectivity index (χ0n) is 8.78. The number of carbonyl (C=O) groups excluding carboxylic acids is 2. The number of rotatable bonds is 6. The molecule has 0 heterocycles. The lowest BCUT2D eigenvalue weighted by Gasteiger charge is -2.18. The number of esters is 1. The normalized spacial score (nSPS) is 9.29. The minimum atomic E-state index is -0.275. The van der Waals surface area contributed by atoms with Crippen LogP contribution in [0.5, 0.6) is 0 Å². The number of ether oxygens (including phenoxy) is 1. The van der Waals surface area contributed by atoms with Crippen molar-refractivity contribution in [2.45, 2.75) is 20.3 Å². The molecule has 0 rings (SSSR count). The van der Waals surface area contributed by atoms with Gasteiger partial charge in [0.05, 0.1) is 13.0 Å². The summed E-state index contributed by atoms with van der Waals surface area (Å²) in [4.78, 5) is 23.7. The fourth-order valence-corrected chi connectivity index (χ4v) is 1.01. The molecule has 4 nitrogen and oxygen atoms in total. The van der Waals surface area contributed by atoms with Crippen LogP contribution in [0.1, 0.15) is 20.3 Å². The molecule has 0 radical (unpaired) electrons. The minimum absolute atomic E-state index is 0.156. The molecular weight excluding hydrogens is 182 g/mol. The lowest BCUT2D eigenvalue weighted by molar-refractivity contribution is -0.143. The van der Waals surface area contributed by atoms with E-state index in [4.69, 9.17) is 4.74 Å². The molecule has 0 saturated heterocycles. The molecule has 0 fully saturated rings. The van der Waals surface area contributed by atoms with Crippen molar-refractivity contribution in [3.63, 3.8) is 0 Å². The third kappa shape index (κ3) is 4.64. The first-order valence-corrected chi connectivity index (χ1v) is 4.72. The molecule has 0 aliphatic heterocycles. The highest BCUT2D eigenvalue weighted by Gasteiger charge is 2.10. The Balaban J connectivity index is 3.89. The van der Waals surface area contributed by atoms with Gasteiger partial charge in [-0.3, -0.25) is 9.59 Å². The number of hydrogen-bond donors (Lipinski definition) is 0. The van der Waals surface area contributed by atoms with Crippen LogP contribution in [-0.2, 0) is 14.3 Å². The van der Waals surface area contributed by atoms with Crippen LogP contribution in [0.15, 0.2) is 12.7 Å². The van der Waals surface area contributed by atoms with Crippen LogP contribution in [0.4, 0.5) is 0 Å². The highest BCUT2D eigenvalue weighted by Crippen LogP contribution is 1.95. The molecule has 0 spiro atoms. The van der Waals surface area contributed by atoms with E-state index in [0.29, 0.717) is 19.7 Å². The number of amides is 1. The SMILES string of the molecule is C=CC(=O)N(CC)CCC(=O)OCC. The number of carbonyl (C=O) groups is 2. The Hall–Kier alpha value is -1.32. The Morgan fingerprint density at radius 1 is 1.43 bits per heavy atom. The topological polar surface area (TPSA) is 46.6 Å². The summed E-state index contributed by atoms with van der Waals surface area (Å²) in [6.45, 7) is 8.33. The van der Waals surface area contributed by atoms with Gasteiger partial charge in [-0.2, -0.15) is 0 Å². The van der Waals surface area contributed by atoms with E-state index in [9.17, 15) is 9.59 Å². The van der Waals surface area contributed by atoms with Crippen LogP contribution in [0, 0.1) is 0 Å². The largest absolute Gasteiger partial charge is 0.466 e. The molecule has 80 valence electrons. The summed E-state index contributed by atoms with van der Waals surface area (Å²) in [7, 11) is 0. The number of hydrogen-bond acceptors (Lipinski definition) is 3. The average Bonchev–Trinajstić information content (AvgIpc) is 2.18. The molecule has 0 aliphatic carbocycles. The summed E-state index contributed by atoms with van der Waals surface area (Å²) in [5.74, 6) is -0.431. The Morgan fingerprint density at radius 3 is 2.50 bits per heavy atom. The minimum Gasteiger partial charge on any atom is -0.466 e. The molecule has 4 heteroatoms. The van der Waals surface area contributed by atoms with E-state index in [-0.39, 0.29) is 18.3 Å². The maximum atomic E-state index is 11.2. The molecule has 0 aliphatic rings. The van der Waals surface area contributed by atoms with E-state index in [0.717, 1.165) is 0 Å². The first kappa shape index (κ1) is 12.7. The Labute approximate surface area is 84.5 Å². The third-order valence-electron chi connectivity index (χ3n) is 1.76. The van der Waals surface area contributed by atoms with Crippen LogP contribution in [0.3, 0.4) is 0 Å². The average molecular weight is 199 g/mol. The number of nitrogens with zero attached hydrogens (tertiary/aromatic N) is 1. The molecular formula is C10H17NO3. The van der Waals surface area contributed by atoms with Crippen LogP contribution >= 0.6 is 0 Å². The highest BCUT2D eigenvalue weighted by atomic mass is 16.5. The maximum absolute atomic E-state index is 11.2. The fraction of sp³-hybridized carbons (Fsp3) is 0.600. The van der Waals surface area contributed by atoms with Gasteiger partial charge in [0.25, 0.3) is 0 Å². The van der Waals surface area contributed by atoms with Gasteiger partial charge >= 0.3 is 5.97 Å². The van der Waals surface area contributed by atoms with Crippen molar-refractivity contribution in [1.29, 1.82) is 0 Å². The zero-order valence-corrected chi connectivity index (χ0v) is 8.78. The van der Waals surface area contributed by atoms with Crippen LogP contribution in [0.25, 0.3) is 0 Å². The number of likely N-dealkylation sites (N-methyl/N-ethyl adjacent to an activating group) is 1. The molecule has 0 unspecified atom stereocenters. The van der Waals surface area contributed by atoms with Gasteiger partial charge < -0.3 is 9.64 Å². The molecule has 0 saturated carbocycles. The van der Waals surface area contributed by atoms with Crippen molar-refractivity contribution in [3.8, 4) is 0 Å². The van der Waals surface area contributed by atoms with Gasteiger partial charge in [-0.25, -0.2) is 0 Å². The first-order chi connectivity index (χ1) is 6.65. The lowest BCUT2D eigenvalue weighted by Crippen LogP contribution is -2.31. The molecule has 0 N–H and O–H groups in total. The second kappa shape index (κ2) is 7.12. The second-order valence-corrected chi connectivity index (χ2v) is 2.68. The summed E-state index contributed by atoms with van der Waals surface area (Å²) >= 11 is 0. The van der Waals surface area contributed by atoms with Crippen molar-refractivity contribution in [3.05, 3.63) is 12.7 Å². The highest BCUT2D eigenvalue weighted by molar-refractivity contribution is 5.87. The van der Waals surface area contributed by atoms with Crippen LogP contribution < -0.4 is 0 Å². The van der Waals surface area contributed by atoms with Crippen molar-refractivity contribution in [2.75, 3.05) is 19.7 Å². The fourth-order valence-electron chi connectivity index (χ4n) is 1.01. The summed E-state index contributed by atoms with van der Waals surface area (Å²) in [5.41, 5.74) is 0. The zero-order chi connectivity index (χ0) is 11.0. The molecule has 0 aromatic carbocycles. The quantitative estimate of drug-likeness (QED) is 0.473. The Bertz CT molecular complexity index is 213. The van der Waals surface area contributed by atoms with Crippen molar-refractivity contribution >= 4 is 11.9 Å². The van der Waals surface area contributed by atoms with Gasteiger partial charge in [-0.05, 0) is 19.9 Å². The smallest absolute Gasteiger partial charge is 0.307 e. The van der Waals surface area contributed by atoms with E-state index in [2.05, 4.69) is 6.58 Å². The van der Waals surface area contributed by atoms with Gasteiger partial charge in [0.2, 0.25) is 5.91 Å². The summed E-state index contributed by atoms with van der Waals surface area (Å²) in [6.07, 6.45) is 1.48. The van der Waals surface area contributed by atoms with Gasteiger partial charge in [-0.15, -0.1) is 0 Å². The summed E-state index contributed by atoms with van der Waals surface area (Å²) in [6, 6.07) is 0. The third-order valence-corrected chi connectivity index (χ3v) is 1.76. The molecule has 0 bridgehead atoms. The summed E-state index contributed by atoms with van der Waals surface area (Å²) < 4.78 is 4.75. The van der Waals surface area contributed by atoms with Crippen LogP contribution in [-0.4, -0.2) is 36.5 Å². The first-order valence-electron chi connectivity index (χ1n) is 4.72. The van der Waals surface area contributed by atoms with Crippen LogP contribution in [0.2, 0.25) is 0 Å². The Kier molecular flexibility index (Phi) is 6.45. The van der Waals surface area contributed by atoms with Gasteiger partial charge in [0, 0.05) is 13.1 Å². The van der Waals surface area contributed by atoms with E-state index >= 15 is 0 Å². The summed E-state index contributed by atoms with van der Waals surface area (Å²) in [5, 5.41) is 0. The van der Waals surface area contributed by atoms with Crippen molar-refractivity contribution < 1.29 is 14.3 Å². The predicted octanol–water partition coefficient (Wildman–Crippen LogP) is 0.974. The van der Waals surface area contributed by atoms with Crippen molar-refractivity contribution in [2.24, 2.45) is 0 Å². The van der Waals surface area contributed by atoms with E-state index in [1.165, 1.54) is 6.08 Å². The van der Waals surface area contributed by atoms with Gasteiger partial charge in [0.1, 0.15) is 0 Å². The molecule has 1 amide bonds. The van der Waals surface area contributed by atoms with E-state index < -0.39 is 0 Å². The van der Waals surface area contributed by atoms with Gasteiger partial charge in [0.15, 0.2) is 0 Å². The predicted molar refractivity (Wildman–Crippen MR) is 53.7 cm³/mol. The lowest BCUT2D eigenvalue weighted by atomic mass is 10.3. The Morgan fingerprint density at radius 2 is 2.07 bits per heavy atom. The molecule has 0 atom stereocenters.